The molecule has 2 rings (SSSR count). The molecule has 0 aliphatic carbocycles. The van der Waals surface area contributed by atoms with Gasteiger partial charge in [0, 0.05) is 25.6 Å². The molecule has 2 atom stereocenters. The normalized spacial score (nSPS) is 23.9. The van der Waals surface area contributed by atoms with Crippen LogP contribution >= 0.6 is 0 Å². The fourth-order valence-corrected chi connectivity index (χ4v) is 2.79. The largest absolute Gasteiger partial charge is 0.381 e. The summed E-state index contributed by atoms with van der Waals surface area (Å²) in [4.78, 5) is 12.4. The average molecular weight is 246 g/mol. The van der Waals surface area contributed by atoms with Crippen LogP contribution in [0.15, 0.2) is 18.2 Å². The summed E-state index contributed by atoms with van der Waals surface area (Å²) in [6, 6.07) is 6.22. The van der Waals surface area contributed by atoms with E-state index in [-0.39, 0.29) is 5.92 Å². The van der Waals surface area contributed by atoms with E-state index in [2.05, 4.69) is 39.0 Å². The third-order valence-electron chi connectivity index (χ3n) is 4.05. The predicted molar refractivity (Wildman–Crippen MR) is 72.7 cm³/mol. The smallest absolute Gasteiger partial charge is 0.140 e. The molecule has 98 valence electrons. The first-order valence-electron chi connectivity index (χ1n) is 6.75. The highest BCUT2D eigenvalue weighted by Crippen LogP contribution is 2.25. The summed E-state index contributed by atoms with van der Waals surface area (Å²) in [6.45, 7) is 7.75. The Hall–Kier alpha value is -1.15. The highest BCUT2D eigenvalue weighted by atomic mass is 16.5. The van der Waals surface area contributed by atoms with Gasteiger partial charge in [0.1, 0.15) is 5.78 Å². The van der Waals surface area contributed by atoms with Crippen molar-refractivity contribution in [3.63, 3.8) is 0 Å². The zero-order valence-electron chi connectivity index (χ0n) is 11.5. The number of hydrogen-bond acceptors (Lipinski definition) is 2. The standard InChI is InChI=1S/C16H22O2/c1-11-5-4-6-12(2)15(11)9-16(17)14-7-8-18-10-13(14)3/h4-6,13-14H,7-10H2,1-3H3. The van der Waals surface area contributed by atoms with E-state index in [9.17, 15) is 4.79 Å². The number of carbonyl (C=O) groups excluding carboxylic acids is 1. The van der Waals surface area contributed by atoms with Gasteiger partial charge in [0.2, 0.25) is 0 Å². The van der Waals surface area contributed by atoms with E-state index in [1.54, 1.807) is 0 Å². The van der Waals surface area contributed by atoms with Crippen LogP contribution < -0.4 is 0 Å². The van der Waals surface area contributed by atoms with Gasteiger partial charge in [-0.25, -0.2) is 0 Å². The van der Waals surface area contributed by atoms with Crippen LogP contribution in [0.2, 0.25) is 0 Å². The topological polar surface area (TPSA) is 26.3 Å². The monoisotopic (exact) mass is 246 g/mol. The molecule has 1 fully saturated rings. The number of benzene rings is 1. The molecule has 0 aromatic heterocycles. The van der Waals surface area contributed by atoms with Gasteiger partial charge in [-0.3, -0.25) is 4.79 Å². The Kier molecular flexibility index (Phi) is 4.18. The molecular formula is C16H22O2. The summed E-state index contributed by atoms with van der Waals surface area (Å²) in [5, 5.41) is 0. The second-order valence-electron chi connectivity index (χ2n) is 5.46. The molecule has 2 unspecified atom stereocenters. The van der Waals surface area contributed by atoms with Crippen LogP contribution in [0.4, 0.5) is 0 Å². The molecule has 1 aromatic carbocycles. The molecule has 0 N–H and O–H groups in total. The molecule has 1 aliphatic rings. The van der Waals surface area contributed by atoms with Gasteiger partial charge in [-0.1, -0.05) is 25.1 Å². The summed E-state index contributed by atoms with van der Waals surface area (Å²) in [5.41, 5.74) is 3.66. The maximum absolute atomic E-state index is 12.4. The van der Waals surface area contributed by atoms with Crippen molar-refractivity contribution in [1.82, 2.24) is 0 Å². The van der Waals surface area contributed by atoms with Gasteiger partial charge in [-0.05, 0) is 42.9 Å². The van der Waals surface area contributed by atoms with Crippen LogP contribution in [0.25, 0.3) is 0 Å². The van der Waals surface area contributed by atoms with Gasteiger partial charge in [0.05, 0.1) is 0 Å². The third-order valence-corrected chi connectivity index (χ3v) is 4.05. The number of ketones is 1. The number of ether oxygens (including phenoxy) is 1. The number of Topliss-reactive ketones (excluding diaryl/α,β-unsaturated/α-hetero) is 1. The molecular weight excluding hydrogens is 224 g/mol. The Morgan fingerprint density at radius 1 is 1.33 bits per heavy atom. The van der Waals surface area contributed by atoms with Crippen molar-refractivity contribution < 1.29 is 9.53 Å². The molecule has 2 nitrogen and oxygen atoms in total. The van der Waals surface area contributed by atoms with Crippen LogP contribution in [0.3, 0.4) is 0 Å². The first-order valence-corrected chi connectivity index (χ1v) is 6.75. The van der Waals surface area contributed by atoms with E-state index in [4.69, 9.17) is 4.74 Å². The van der Waals surface area contributed by atoms with E-state index in [1.165, 1.54) is 16.7 Å². The summed E-state index contributed by atoms with van der Waals surface area (Å²) in [7, 11) is 0. The van der Waals surface area contributed by atoms with Crippen molar-refractivity contribution in [2.75, 3.05) is 13.2 Å². The van der Waals surface area contributed by atoms with Crippen LogP contribution in [-0.4, -0.2) is 19.0 Å². The number of aryl methyl sites for hydroxylation is 2. The summed E-state index contributed by atoms with van der Waals surface area (Å²) < 4.78 is 5.41. The zero-order valence-corrected chi connectivity index (χ0v) is 11.5. The fourth-order valence-electron chi connectivity index (χ4n) is 2.79. The second-order valence-corrected chi connectivity index (χ2v) is 5.46. The van der Waals surface area contributed by atoms with E-state index in [0.717, 1.165) is 19.6 Å². The lowest BCUT2D eigenvalue weighted by Crippen LogP contribution is -2.32. The molecule has 1 saturated heterocycles. The number of hydrogen-bond donors (Lipinski definition) is 0. The predicted octanol–water partition coefficient (Wildman–Crippen LogP) is 3.09. The molecule has 0 saturated carbocycles. The van der Waals surface area contributed by atoms with Crippen LogP contribution in [0.5, 0.6) is 0 Å². The molecule has 1 aromatic rings. The van der Waals surface area contributed by atoms with Gasteiger partial charge >= 0.3 is 0 Å². The van der Waals surface area contributed by atoms with Crippen molar-refractivity contribution in [2.45, 2.75) is 33.6 Å². The number of rotatable bonds is 3. The molecule has 18 heavy (non-hydrogen) atoms. The van der Waals surface area contributed by atoms with Gasteiger partial charge in [-0.2, -0.15) is 0 Å². The first kappa shape index (κ1) is 13.3. The van der Waals surface area contributed by atoms with Gasteiger partial charge in [0.25, 0.3) is 0 Å². The first-order chi connectivity index (χ1) is 8.59. The molecule has 0 spiro atoms. The minimum absolute atomic E-state index is 0.178. The fraction of sp³-hybridized carbons (Fsp3) is 0.562. The van der Waals surface area contributed by atoms with Gasteiger partial charge < -0.3 is 4.74 Å². The minimum atomic E-state index is 0.178. The zero-order chi connectivity index (χ0) is 13.1. The van der Waals surface area contributed by atoms with Crippen molar-refractivity contribution >= 4 is 5.78 Å². The number of carbonyl (C=O) groups is 1. The van der Waals surface area contributed by atoms with Crippen molar-refractivity contribution in [2.24, 2.45) is 11.8 Å². The van der Waals surface area contributed by atoms with E-state index >= 15 is 0 Å². The van der Waals surface area contributed by atoms with Crippen LogP contribution in [0, 0.1) is 25.7 Å². The van der Waals surface area contributed by atoms with Crippen molar-refractivity contribution in [3.8, 4) is 0 Å². The van der Waals surface area contributed by atoms with Gasteiger partial charge in [-0.15, -0.1) is 0 Å². The van der Waals surface area contributed by atoms with E-state index < -0.39 is 0 Å². The minimum Gasteiger partial charge on any atom is -0.381 e. The Balaban J connectivity index is 2.11. The molecule has 0 amide bonds. The molecule has 1 aliphatic heterocycles. The Bertz CT molecular complexity index is 416. The van der Waals surface area contributed by atoms with Crippen molar-refractivity contribution in [3.05, 3.63) is 34.9 Å². The summed E-state index contributed by atoms with van der Waals surface area (Å²) in [5.74, 6) is 0.913. The lowest BCUT2D eigenvalue weighted by Gasteiger charge is -2.28. The second kappa shape index (κ2) is 5.66. The highest BCUT2D eigenvalue weighted by Gasteiger charge is 2.28. The Morgan fingerprint density at radius 2 is 2.00 bits per heavy atom. The Morgan fingerprint density at radius 3 is 2.61 bits per heavy atom. The lowest BCUT2D eigenvalue weighted by atomic mass is 9.83. The van der Waals surface area contributed by atoms with Crippen LogP contribution in [0.1, 0.15) is 30.0 Å². The van der Waals surface area contributed by atoms with E-state index in [0.29, 0.717) is 18.1 Å². The molecule has 0 bridgehead atoms. The van der Waals surface area contributed by atoms with Crippen molar-refractivity contribution in [1.29, 1.82) is 0 Å². The molecule has 2 heteroatoms. The quantitative estimate of drug-likeness (QED) is 0.819. The average Bonchev–Trinajstić information content (AvgIpc) is 2.34. The van der Waals surface area contributed by atoms with Gasteiger partial charge in [0.15, 0.2) is 0 Å². The summed E-state index contributed by atoms with van der Waals surface area (Å²) in [6.07, 6.45) is 1.46. The maximum Gasteiger partial charge on any atom is 0.140 e. The third kappa shape index (κ3) is 2.81. The lowest BCUT2D eigenvalue weighted by molar-refractivity contribution is -0.127. The highest BCUT2D eigenvalue weighted by molar-refractivity contribution is 5.84. The molecule has 1 heterocycles. The SMILES string of the molecule is Cc1cccc(C)c1CC(=O)C1CCOCC1C. The molecule has 0 radical (unpaired) electrons. The summed E-state index contributed by atoms with van der Waals surface area (Å²) >= 11 is 0. The Labute approximate surface area is 109 Å². The van der Waals surface area contributed by atoms with E-state index in [1.807, 2.05) is 0 Å². The maximum atomic E-state index is 12.4. The van der Waals surface area contributed by atoms with Crippen LogP contribution in [-0.2, 0) is 16.0 Å².